The van der Waals surface area contributed by atoms with E-state index in [1.54, 1.807) is 41.2 Å². The molecule has 1 amide bonds. The van der Waals surface area contributed by atoms with Crippen LogP contribution in [0.4, 0.5) is 11.4 Å². The Morgan fingerprint density at radius 3 is 2.44 bits per heavy atom. The van der Waals surface area contributed by atoms with E-state index in [0.29, 0.717) is 21.7 Å². The summed E-state index contributed by atoms with van der Waals surface area (Å²) in [5, 5.41) is 2.82. The van der Waals surface area contributed by atoms with Crippen LogP contribution < -0.4 is 10.0 Å². The Labute approximate surface area is 190 Å². The van der Waals surface area contributed by atoms with Crippen molar-refractivity contribution in [2.24, 2.45) is 0 Å². The maximum Gasteiger partial charge on any atom is 0.261 e. The van der Waals surface area contributed by atoms with Gasteiger partial charge in [-0.3, -0.25) is 14.1 Å². The molecule has 4 aromatic rings. The molecule has 4 rings (SSSR count). The number of rotatable bonds is 6. The minimum absolute atomic E-state index is 0.0705. The molecule has 0 aliphatic carbocycles. The van der Waals surface area contributed by atoms with Gasteiger partial charge in [-0.25, -0.2) is 8.42 Å². The molecule has 0 unspecified atom stereocenters. The number of aryl methyl sites for hydroxylation is 1. The van der Waals surface area contributed by atoms with Gasteiger partial charge in [-0.05, 0) is 73.2 Å². The molecule has 7 nitrogen and oxygen atoms in total. The molecule has 0 saturated carbocycles. The summed E-state index contributed by atoms with van der Waals surface area (Å²) in [6, 6.07) is 20.1. The van der Waals surface area contributed by atoms with Crippen LogP contribution in [-0.2, 0) is 10.0 Å². The first-order chi connectivity index (χ1) is 15.3. The summed E-state index contributed by atoms with van der Waals surface area (Å²) >= 11 is 5.23. The first kappa shape index (κ1) is 21.5. The van der Waals surface area contributed by atoms with Crippen molar-refractivity contribution in [1.82, 2.24) is 9.55 Å². The second-order valence-corrected chi connectivity index (χ2v) is 9.15. The van der Waals surface area contributed by atoms with E-state index in [2.05, 4.69) is 15.0 Å². The highest BCUT2D eigenvalue weighted by Gasteiger charge is 2.16. The van der Waals surface area contributed by atoms with Crippen LogP contribution in [0.15, 0.2) is 90.1 Å². The van der Waals surface area contributed by atoms with E-state index in [1.807, 2.05) is 31.2 Å². The van der Waals surface area contributed by atoms with E-state index in [0.717, 1.165) is 11.3 Å². The molecule has 0 aliphatic rings. The highest BCUT2D eigenvalue weighted by molar-refractivity contribution is 7.92. The molecular formula is C23H20N4O3S2. The molecule has 0 aliphatic heterocycles. The molecule has 0 atom stereocenters. The van der Waals surface area contributed by atoms with Gasteiger partial charge in [-0.2, -0.15) is 0 Å². The van der Waals surface area contributed by atoms with E-state index < -0.39 is 10.0 Å². The first-order valence-corrected chi connectivity index (χ1v) is 11.6. The molecule has 0 fully saturated rings. The van der Waals surface area contributed by atoms with Gasteiger partial charge in [0.15, 0.2) is 4.77 Å². The Morgan fingerprint density at radius 2 is 1.75 bits per heavy atom. The third-order valence-corrected chi connectivity index (χ3v) is 6.54. The van der Waals surface area contributed by atoms with Crippen LogP contribution in [0, 0.1) is 11.7 Å². The number of aromatic nitrogens is 2. The van der Waals surface area contributed by atoms with Crippen molar-refractivity contribution >= 4 is 39.5 Å². The number of carbonyl (C=O) groups excluding carboxylic acids is 1. The minimum atomic E-state index is -3.77. The number of H-pyrrole nitrogens is 1. The number of imidazole rings is 1. The summed E-state index contributed by atoms with van der Waals surface area (Å²) in [5.74, 6) is -0.351. The zero-order valence-electron chi connectivity index (χ0n) is 17.1. The zero-order chi connectivity index (χ0) is 22.7. The van der Waals surface area contributed by atoms with Crippen LogP contribution in [0.25, 0.3) is 5.69 Å². The van der Waals surface area contributed by atoms with E-state index in [-0.39, 0.29) is 10.8 Å². The van der Waals surface area contributed by atoms with Crippen LogP contribution in [0.5, 0.6) is 0 Å². The molecule has 0 spiro atoms. The number of para-hydroxylation sites is 1. The lowest BCUT2D eigenvalue weighted by Crippen LogP contribution is -2.15. The average molecular weight is 465 g/mol. The number of benzene rings is 3. The van der Waals surface area contributed by atoms with Gasteiger partial charge in [0, 0.05) is 29.3 Å². The van der Waals surface area contributed by atoms with Gasteiger partial charge in [-0.1, -0.05) is 24.3 Å². The third-order valence-electron chi connectivity index (χ3n) is 4.85. The van der Waals surface area contributed by atoms with Crippen LogP contribution >= 0.6 is 12.2 Å². The number of hydrogen-bond donors (Lipinski definition) is 3. The second kappa shape index (κ2) is 8.81. The SMILES string of the molecule is Cc1ccccc1NS(=O)(=O)c1ccc(C(=O)Nc2cccc(-n3cc[nH]c3=S)c2)cc1. The molecule has 162 valence electrons. The van der Waals surface area contributed by atoms with Gasteiger partial charge in [0.05, 0.1) is 10.6 Å². The Bertz CT molecular complexity index is 1440. The fourth-order valence-electron chi connectivity index (χ4n) is 3.14. The Kier molecular flexibility index (Phi) is 5.93. The largest absolute Gasteiger partial charge is 0.337 e. The Balaban J connectivity index is 1.50. The number of hydrogen-bond acceptors (Lipinski definition) is 4. The fraction of sp³-hybridized carbons (Fsp3) is 0.0435. The summed E-state index contributed by atoms with van der Waals surface area (Å²) in [7, 11) is -3.77. The normalized spacial score (nSPS) is 11.2. The predicted molar refractivity (Wildman–Crippen MR) is 127 cm³/mol. The van der Waals surface area contributed by atoms with E-state index >= 15 is 0 Å². The van der Waals surface area contributed by atoms with Crippen LogP contribution in [-0.4, -0.2) is 23.9 Å². The number of amides is 1. The van der Waals surface area contributed by atoms with Crippen molar-refractivity contribution in [3.8, 4) is 5.69 Å². The van der Waals surface area contributed by atoms with Crippen molar-refractivity contribution in [3.05, 3.63) is 101 Å². The molecule has 3 N–H and O–H groups in total. The smallest absolute Gasteiger partial charge is 0.261 e. The molecule has 0 saturated heterocycles. The molecule has 1 heterocycles. The fourth-order valence-corrected chi connectivity index (χ4v) is 4.50. The highest BCUT2D eigenvalue weighted by atomic mass is 32.2. The van der Waals surface area contributed by atoms with Gasteiger partial charge in [0.2, 0.25) is 0 Å². The van der Waals surface area contributed by atoms with E-state index in [4.69, 9.17) is 12.2 Å². The second-order valence-electron chi connectivity index (χ2n) is 7.08. The van der Waals surface area contributed by atoms with Gasteiger partial charge >= 0.3 is 0 Å². The number of anilines is 2. The summed E-state index contributed by atoms with van der Waals surface area (Å²) in [6.07, 6.45) is 3.53. The maximum absolute atomic E-state index is 12.7. The number of sulfonamides is 1. The highest BCUT2D eigenvalue weighted by Crippen LogP contribution is 2.20. The summed E-state index contributed by atoms with van der Waals surface area (Å²) in [6.45, 7) is 1.82. The third kappa shape index (κ3) is 4.63. The molecule has 32 heavy (non-hydrogen) atoms. The molecule has 0 bridgehead atoms. The summed E-state index contributed by atoms with van der Waals surface area (Å²) in [5.41, 5.74) is 3.06. The molecular weight excluding hydrogens is 444 g/mol. The van der Waals surface area contributed by atoms with Crippen LogP contribution in [0.3, 0.4) is 0 Å². The van der Waals surface area contributed by atoms with Gasteiger partial charge in [0.1, 0.15) is 0 Å². The van der Waals surface area contributed by atoms with Gasteiger partial charge in [0.25, 0.3) is 15.9 Å². The van der Waals surface area contributed by atoms with Crippen molar-refractivity contribution in [3.63, 3.8) is 0 Å². The minimum Gasteiger partial charge on any atom is -0.337 e. The Hall–Kier alpha value is -3.69. The summed E-state index contributed by atoms with van der Waals surface area (Å²) in [4.78, 5) is 15.7. The number of nitrogens with zero attached hydrogens (tertiary/aromatic N) is 1. The molecule has 1 aromatic heterocycles. The van der Waals surface area contributed by atoms with Crippen molar-refractivity contribution in [2.75, 3.05) is 10.0 Å². The van der Waals surface area contributed by atoms with Crippen molar-refractivity contribution in [1.29, 1.82) is 0 Å². The van der Waals surface area contributed by atoms with E-state index in [1.165, 1.54) is 24.3 Å². The quantitative estimate of drug-likeness (QED) is 0.354. The lowest BCUT2D eigenvalue weighted by molar-refractivity contribution is 0.102. The van der Waals surface area contributed by atoms with Crippen LogP contribution in [0.1, 0.15) is 15.9 Å². The van der Waals surface area contributed by atoms with Gasteiger partial charge < -0.3 is 10.3 Å². The lowest BCUT2D eigenvalue weighted by Gasteiger charge is -2.11. The monoisotopic (exact) mass is 464 g/mol. The van der Waals surface area contributed by atoms with Crippen molar-refractivity contribution in [2.45, 2.75) is 11.8 Å². The first-order valence-electron chi connectivity index (χ1n) is 9.70. The predicted octanol–water partition coefficient (Wildman–Crippen LogP) is 4.90. The summed E-state index contributed by atoms with van der Waals surface area (Å²) < 4.78 is 30.3. The Morgan fingerprint density at radius 1 is 1.00 bits per heavy atom. The molecule has 3 aromatic carbocycles. The van der Waals surface area contributed by atoms with Gasteiger partial charge in [-0.15, -0.1) is 0 Å². The van der Waals surface area contributed by atoms with Crippen molar-refractivity contribution < 1.29 is 13.2 Å². The number of nitrogens with one attached hydrogen (secondary N) is 3. The van der Waals surface area contributed by atoms with E-state index in [9.17, 15) is 13.2 Å². The molecule has 0 radical (unpaired) electrons. The number of aromatic amines is 1. The zero-order valence-corrected chi connectivity index (χ0v) is 18.7. The van der Waals surface area contributed by atoms with Crippen LogP contribution in [0.2, 0.25) is 0 Å². The average Bonchev–Trinajstić information content (AvgIpc) is 3.21. The lowest BCUT2D eigenvalue weighted by atomic mass is 10.2. The topological polar surface area (TPSA) is 96.0 Å². The standard InChI is InChI=1S/C23H20N4O3S2/c1-16-5-2-3-8-21(16)26-32(29,30)20-11-9-17(10-12-20)22(28)25-18-6-4-7-19(15-18)27-14-13-24-23(27)31/h2-15,26H,1H3,(H,24,31)(H,25,28). The maximum atomic E-state index is 12.7. The number of carbonyl (C=O) groups is 1. The molecule has 9 heteroatoms.